The molecule has 0 saturated carbocycles. The van der Waals surface area contributed by atoms with Gasteiger partial charge in [-0.2, -0.15) is 0 Å². The van der Waals surface area contributed by atoms with Crippen LogP contribution < -0.4 is 0 Å². The highest BCUT2D eigenvalue weighted by atomic mass is 35.5. The molecule has 0 rings (SSSR count). The van der Waals surface area contributed by atoms with Gasteiger partial charge in [0.2, 0.25) is 0 Å². The second-order valence-electron chi connectivity index (χ2n) is 1.26. The maximum absolute atomic E-state index is 8.73. The van der Waals surface area contributed by atoms with Crippen molar-refractivity contribution in [3.63, 3.8) is 0 Å². The van der Waals surface area contributed by atoms with Crippen LogP contribution in [0.1, 0.15) is 6.92 Å². The van der Waals surface area contributed by atoms with Crippen molar-refractivity contribution >= 4 is 23.2 Å². The summed E-state index contributed by atoms with van der Waals surface area (Å²) < 4.78 is 4.57. The van der Waals surface area contributed by atoms with Crippen molar-refractivity contribution < 1.29 is 9.84 Å². The molecule has 2 nitrogen and oxygen atoms in total. The average Bonchev–Trinajstić information content (AvgIpc) is 1.67. The average molecular weight is 159 g/mol. The summed E-state index contributed by atoms with van der Waals surface area (Å²) in [5, 5.41) is 7.06. The summed E-state index contributed by atoms with van der Waals surface area (Å²) in [7, 11) is 0. The third-order valence-corrected chi connectivity index (χ3v) is 1.27. The maximum Gasteiger partial charge on any atom is 0.259 e. The fraction of sp³-hybridized carbons (Fsp3) is 1.00. The summed E-state index contributed by atoms with van der Waals surface area (Å²) in [6, 6.07) is 0. The standard InChI is InChI=1S/C4H8Cl2O2/c1-2-8-4(6,7)3-5/h7H,2-3H2,1H3. The molecule has 0 aliphatic heterocycles. The minimum Gasteiger partial charge on any atom is -0.352 e. The van der Waals surface area contributed by atoms with Crippen LogP contribution >= 0.6 is 23.2 Å². The molecule has 0 heterocycles. The van der Waals surface area contributed by atoms with Gasteiger partial charge >= 0.3 is 0 Å². The van der Waals surface area contributed by atoms with E-state index in [1.54, 1.807) is 6.92 Å². The molecule has 8 heavy (non-hydrogen) atoms. The first-order valence-corrected chi connectivity index (χ1v) is 3.15. The number of aliphatic hydroxyl groups is 1. The number of ether oxygens (including phenoxy) is 1. The number of alkyl halides is 2. The van der Waals surface area contributed by atoms with Crippen molar-refractivity contribution in [3.05, 3.63) is 0 Å². The Morgan fingerprint density at radius 3 is 2.38 bits per heavy atom. The molecule has 50 valence electrons. The fourth-order valence-electron chi connectivity index (χ4n) is 0.260. The molecule has 1 unspecified atom stereocenters. The van der Waals surface area contributed by atoms with E-state index in [-0.39, 0.29) is 5.88 Å². The van der Waals surface area contributed by atoms with Gasteiger partial charge in [0.1, 0.15) is 0 Å². The Hall–Kier alpha value is 0.500. The van der Waals surface area contributed by atoms with Crippen LogP contribution in [0.4, 0.5) is 0 Å². The highest BCUT2D eigenvalue weighted by Gasteiger charge is 2.20. The Balaban J connectivity index is 3.37. The zero-order chi connectivity index (χ0) is 6.62. The number of hydrogen-bond acceptors (Lipinski definition) is 2. The van der Waals surface area contributed by atoms with Crippen molar-refractivity contribution in [1.29, 1.82) is 0 Å². The van der Waals surface area contributed by atoms with Gasteiger partial charge in [-0.05, 0) is 6.92 Å². The summed E-state index contributed by atoms with van der Waals surface area (Å²) >= 11 is 10.4. The third-order valence-electron chi connectivity index (χ3n) is 0.530. The van der Waals surface area contributed by atoms with Crippen molar-refractivity contribution in [2.75, 3.05) is 12.5 Å². The molecule has 0 aromatic heterocycles. The molecule has 0 fully saturated rings. The van der Waals surface area contributed by atoms with E-state index in [2.05, 4.69) is 4.74 Å². The second kappa shape index (κ2) is 3.51. The Bertz CT molecular complexity index is 65.1. The van der Waals surface area contributed by atoms with Gasteiger partial charge in [0.25, 0.3) is 5.25 Å². The van der Waals surface area contributed by atoms with E-state index in [9.17, 15) is 0 Å². The largest absolute Gasteiger partial charge is 0.352 e. The van der Waals surface area contributed by atoms with Gasteiger partial charge in [-0.1, -0.05) is 11.6 Å². The van der Waals surface area contributed by atoms with Gasteiger partial charge in [0.15, 0.2) is 0 Å². The van der Waals surface area contributed by atoms with E-state index in [4.69, 9.17) is 28.3 Å². The van der Waals surface area contributed by atoms with Gasteiger partial charge in [0, 0.05) is 6.61 Å². The van der Waals surface area contributed by atoms with Gasteiger partial charge in [0.05, 0.1) is 5.88 Å². The van der Waals surface area contributed by atoms with Crippen LogP contribution in [-0.2, 0) is 4.74 Å². The minimum absolute atomic E-state index is 0.123. The van der Waals surface area contributed by atoms with E-state index >= 15 is 0 Å². The van der Waals surface area contributed by atoms with Crippen LogP contribution in [0.25, 0.3) is 0 Å². The summed E-state index contributed by atoms with van der Waals surface area (Å²) in [6.07, 6.45) is 0. The monoisotopic (exact) mass is 158 g/mol. The van der Waals surface area contributed by atoms with Crippen molar-refractivity contribution in [2.45, 2.75) is 12.2 Å². The smallest absolute Gasteiger partial charge is 0.259 e. The van der Waals surface area contributed by atoms with E-state index in [1.165, 1.54) is 0 Å². The van der Waals surface area contributed by atoms with Crippen LogP contribution in [0.3, 0.4) is 0 Å². The number of rotatable bonds is 3. The highest BCUT2D eigenvalue weighted by molar-refractivity contribution is 6.28. The molecule has 4 heteroatoms. The molecular formula is C4H8Cl2O2. The molecule has 0 aliphatic carbocycles. The molecule has 1 atom stereocenters. The first-order valence-electron chi connectivity index (χ1n) is 2.23. The molecule has 0 radical (unpaired) electrons. The summed E-state index contributed by atoms with van der Waals surface area (Å²) in [6.45, 7) is 2.08. The molecule has 0 spiro atoms. The molecule has 0 amide bonds. The fourth-order valence-corrected chi connectivity index (χ4v) is 0.446. The Kier molecular flexibility index (Phi) is 3.73. The van der Waals surface area contributed by atoms with Gasteiger partial charge in [-0.15, -0.1) is 11.6 Å². The van der Waals surface area contributed by atoms with E-state index in [1.807, 2.05) is 0 Å². The topological polar surface area (TPSA) is 29.5 Å². The van der Waals surface area contributed by atoms with Crippen molar-refractivity contribution in [2.24, 2.45) is 0 Å². The van der Waals surface area contributed by atoms with Crippen LogP contribution in [0.2, 0.25) is 0 Å². The molecular weight excluding hydrogens is 151 g/mol. The van der Waals surface area contributed by atoms with Crippen LogP contribution in [0.5, 0.6) is 0 Å². The number of halogens is 2. The van der Waals surface area contributed by atoms with Crippen molar-refractivity contribution in [1.82, 2.24) is 0 Å². The summed E-state index contributed by atoms with van der Waals surface area (Å²) in [4.78, 5) is 0. The number of hydrogen-bond donors (Lipinski definition) is 1. The Morgan fingerprint density at radius 2 is 2.25 bits per heavy atom. The Labute approximate surface area is 58.3 Å². The second-order valence-corrected chi connectivity index (χ2v) is 2.11. The zero-order valence-electron chi connectivity index (χ0n) is 4.53. The quantitative estimate of drug-likeness (QED) is 0.494. The predicted molar refractivity (Wildman–Crippen MR) is 33.1 cm³/mol. The van der Waals surface area contributed by atoms with Gasteiger partial charge < -0.3 is 9.84 Å². The van der Waals surface area contributed by atoms with Crippen LogP contribution in [0.15, 0.2) is 0 Å². The highest BCUT2D eigenvalue weighted by Crippen LogP contribution is 2.13. The maximum atomic E-state index is 8.73. The molecule has 0 aliphatic rings. The lowest BCUT2D eigenvalue weighted by atomic mass is 10.7. The summed E-state index contributed by atoms with van der Waals surface area (Å²) in [5.74, 6) is -0.123. The molecule has 0 aromatic rings. The third kappa shape index (κ3) is 3.50. The molecule has 1 N–H and O–H groups in total. The summed E-state index contributed by atoms with van der Waals surface area (Å²) in [5.41, 5.74) is 0. The molecule has 0 aromatic carbocycles. The lowest BCUT2D eigenvalue weighted by Crippen LogP contribution is -2.26. The SMILES string of the molecule is CCOC(O)(Cl)CCl. The lowest BCUT2D eigenvalue weighted by molar-refractivity contribution is -0.116. The van der Waals surface area contributed by atoms with E-state index in [0.717, 1.165) is 0 Å². The van der Waals surface area contributed by atoms with E-state index in [0.29, 0.717) is 6.61 Å². The van der Waals surface area contributed by atoms with Crippen LogP contribution in [0, 0.1) is 0 Å². The van der Waals surface area contributed by atoms with E-state index < -0.39 is 5.25 Å². The first kappa shape index (κ1) is 8.50. The molecule has 0 saturated heterocycles. The van der Waals surface area contributed by atoms with Gasteiger partial charge in [-0.25, -0.2) is 0 Å². The van der Waals surface area contributed by atoms with Gasteiger partial charge in [-0.3, -0.25) is 0 Å². The first-order chi connectivity index (χ1) is 3.62. The van der Waals surface area contributed by atoms with Crippen molar-refractivity contribution in [3.8, 4) is 0 Å². The normalized spacial score (nSPS) is 18.0. The lowest BCUT2D eigenvalue weighted by Gasteiger charge is -2.15. The minimum atomic E-state index is -1.67. The predicted octanol–water partition coefficient (Wildman–Crippen LogP) is 1.15. The Morgan fingerprint density at radius 1 is 1.75 bits per heavy atom. The molecule has 0 bridgehead atoms. The zero-order valence-corrected chi connectivity index (χ0v) is 6.04. The van der Waals surface area contributed by atoms with Crippen LogP contribution in [-0.4, -0.2) is 22.8 Å².